The number of carbonyl (C=O) groups is 1. The molecule has 0 spiro atoms. The number of hydrogen-bond acceptors (Lipinski definition) is 1. The Balaban J connectivity index is 1.76. The lowest BCUT2D eigenvalue weighted by Gasteiger charge is -2.15. The van der Waals surface area contributed by atoms with Crippen LogP contribution in [0.2, 0.25) is 0 Å². The van der Waals surface area contributed by atoms with Gasteiger partial charge >= 0.3 is 0 Å². The van der Waals surface area contributed by atoms with E-state index in [1.165, 1.54) is 17.7 Å². The van der Waals surface area contributed by atoms with E-state index in [1.54, 1.807) is 12.1 Å². The average Bonchev–Trinajstić information content (AvgIpc) is 2.98. The number of halogens is 1. The minimum absolute atomic E-state index is 0.0242. The molecule has 1 aliphatic carbocycles. The van der Waals surface area contributed by atoms with Gasteiger partial charge in [0.05, 0.1) is 0 Å². The van der Waals surface area contributed by atoms with Gasteiger partial charge in [-0.15, -0.1) is 0 Å². The van der Waals surface area contributed by atoms with Crippen LogP contribution in [0.4, 0.5) is 4.39 Å². The number of carbonyl (C=O) groups excluding carboxylic acids is 1. The number of rotatable bonds is 5. The fourth-order valence-corrected chi connectivity index (χ4v) is 3.43. The zero-order valence-electron chi connectivity index (χ0n) is 17.4. The largest absolute Gasteiger partial charge is 0.348 e. The zero-order valence-corrected chi connectivity index (χ0v) is 17.4. The van der Waals surface area contributed by atoms with Gasteiger partial charge < -0.3 is 5.32 Å². The lowest BCUT2D eigenvalue weighted by Crippen LogP contribution is -2.27. The predicted molar refractivity (Wildman–Crippen MR) is 120 cm³/mol. The van der Waals surface area contributed by atoms with Crippen LogP contribution in [0.25, 0.3) is 0 Å². The van der Waals surface area contributed by atoms with Crippen LogP contribution in [-0.4, -0.2) is 5.91 Å². The van der Waals surface area contributed by atoms with Crippen LogP contribution in [0, 0.1) is 23.6 Å². The van der Waals surface area contributed by atoms with Crippen LogP contribution >= 0.6 is 0 Å². The summed E-state index contributed by atoms with van der Waals surface area (Å²) < 4.78 is 13.3. The van der Waals surface area contributed by atoms with Crippen molar-refractivity contribution in [2.75, 3.05) is 0 Å². The van der Waals surface area contributed by atoms with E-state index in [0.717, 1.165) is 29.6 Å². The lowest BCUT2D eigenvalue weighted by atomic mass is 9.95. The second-order valence-electron chi connectivity index (χ2n) is 7.18. The first-order chi connectivity index (χ1) is 14.6. The van der Waals surface area contributed by atoms with Crippen molar-refractivity contribution in [3.63, 3.8) is 0 Å². The van der Waals surface area contributed by atoms with E-state index in [1.807, 2.05) is 36.4 Å². The van der Waals surface area contributed by atoms with Crippen LogP contribution in [-0.2, 0) is 17.8 Å². The van der Waals surface area contributed by atoms with E-state index in [4.69, 9.17) is 0 Å². The minimum Gasteiger partial charge on any atom is -0.348 e. The highest BCUT2D eigenvalue weighted by atomic mass is 19.1. The van der Waals surface area contributed by atoms with E-state index in [9.17, 15) is 9.18 Å². The van der Waals surface area contributed by atoms with Crippen molar-refractivity contribution in [3.8, 4) is 11.8 Å². The average molecular weight is 400 g/mol. The number of benzene rings is 2. The van der Waals surface area contributed by atoms with E-state index in [2.05, 4.69) is 43.1 Å². The molecule has 0 heterocycles. The smallest absolute Gasteiger partial charge is 0.248 e. The van der Waals surface area contributed by atoms with Crippen LogP contribution in [0.1, 0.15) is 37.0 Å². The molecule has 2 nitrogen and oxygen atoms in total. The van der Waals surface area contributed by atoms with Crippen molar-refractivity contribution in [1.29, 1.82) is 0 Å². The molecule has 3 heteroatoms. The molecular formula is C27H26FNO. The molecule has 1 amide bonds. The summed E-state index contributed by atoms with van der Waals surface area (Å²) in [6.07, 6.45) is 9.41. The maximum Gasteiger partial charge on any atom is 0.248 e. The van der Waals surface area contributed by atoms with Gasteiger partial charge in [-0.25, -0.2) is 4.39 Å². The summed E-state index contributed by atoms with van der Waals surface area (Å²) in [6.45, 7) is 4.69. The molecule has 0 aliphatic heterocycles. The highest BCUT2D eigenvalue weighted by Crippen LogP contribution is 2.22. The number of amides is 1. The van der Waals surface area contributed by atoms with E-state index in [0.29, 0.717) is 12.1 Å². The summed E-state index contributed by atoms with van der Waals surface area (Å²) in [5.74, 6) is 5.70. The Bertz CT molecular complexity index is 1070. The topological polar surface area (TPSA) is 29.1 Å². The highest BCUT2D eigenvalue weighted by Gasteiger charge is 2.18. The molecule has 1 unspecified atom stereocenters. The number of nitrogens with one attached hydrogen (secondary N) is 1. The fraction of sp³-hybridized carbons (Fsp3) is 0.222. The van der Waals surface area contributed by atoms with Gasteiger partial charge in [0.2, 0.25) is 5.91 Å². The van der Waals surface area contributed by atoms with E-state index < -0.39 is 0 Å². The van der Waals surface area contributed by atoms with Gasteiger partial charge in [0.1, 0.15) is 5.82 Å². The molecule has 0 bridgehead atoms. The first-order valence-electron chi connectivity index (χ1n) is 10.3. The Hall–Kier alpha value is -3.38. The van der Waals surface area contributed by atoms with E-state index in [-0.39, 0.29) is 17.6 Å². The maximum atomic E-state index is 13.3. The van der Waals surface area contributed by atoms with Crippen LogP contribution in [0.3, 0.4) is 0 Å². The van der Waals surface area contributed by atoms with Gasteiger partial charge in [0, 0.05) is 29.2 Å². The highest BCUT2D eigenvalue weighted by molar-refractivity contribution is 5.94. The molecule has 30 heavy (non-hydrogen) atoms. The molecule has 152 valence electrons. The first-order valence-corrected chi connectivity index (χ1v) is 10.3. The van der Waals surface area contributed by atoms with Crippen LogP contribution in [0.5, 0.6) is 0 Å². The minimum atomic E-state index is -0.304. The molecular weight excluding hydrogens is 373 g/mol. The molecule has 1 aliphatic rings. The third-order valence-corrected chi connectivity index (χ3v) is 5.17. The van der Waals surface area contributed by atoms with Crippen LogP contribution in [0.15, 0.2) is 84.0 Å². The lowest BCUT2D eigenvalue weighted by molar-refractivity contribution is -0.118. The second kappa shape index (κ2) is 10.4. The second-order valence-corrected chi connectivity index (χ2v) is 7.18. The van der Waals surface area contributed by atoms with Crippen molar-refractivity contribution in [1.82, 2.24) is 5.32 Å². The quantitative estimate of drug-likeness (QED) is 0.661. The fourth-order valence-electron chi connectivity index (χ4n) is 3.43. The van der Waals surface area contributed by atoms with Crippen LogP contribution < -0.4 is 5.32 Å². The maximum absolute atomic E-state index is 13.3. The standard InChI is InChI=1S/C27H26FNO/c1-3-22-9-5-6-10-24(22)19-29-27(30)26-17-15-20(14-16-23(26)4-2)12-13-21-8-7-11-25(28)18-21/h5-11,14-18,23H,3-4,19H2,1-2H3,(H,29,30). The van der Waals surface area contributed by atoms with Crippen molar-refractivity contribution < 1.29 is 9.18 Å². The molecule has 0 aromatic heterocycles. The van der Waals surface area contributed by atoms with Gasteiger partial charge in [-0.05, 0) is 54.3 Å². The predicted octanol–water partition coefficient (Wildman–Crippen LogP) is 5.50. The summed E-state index contributed by atoms with van der Waals surface area (Å²) in [5.41, 5.74) is 4.52. The monoisotopic (exact) mass is 399 g/mol. The summed E-state index contributed by atoms with van der Waals surface area (Å²) in [5, 5.41) is 3.07. The van der Waals surface area contributed by atoms with Gasteiger partial charge in [0.25, 0.3) is 0 Å². The Morgan fingerprint density at radius 2 is 1.83 bits per heavy atom. The molecule has 3 rings (SSSR count). The Labute approximate surface area is 178 Å². The summed E-state index contributed by atoms with van der Waals surface area (Å²) in [6, 6.07) is 14.4. The Kier molecular flexibility index (Phi) is 7.40. The molecule has 1 atom stereocenters. The third-order valence-electron chi connectivity index (χ3n) is 5.17. The summed E-state index contributed by atoms with van der Waals surface area (Å²) in [4.78, 5) is 12.9. The van der Waals surface area contributed by atoms with Crippen molar-refractivity contribution >= 4 is 5.91 Å². The number of aryl methyl sites for hydroxylation is 1. The van der Waals surface area contributed by atoms with Gasteiger partial charge in [-0.3, -0.25) is 4.79 Å². The molecule has 0 saturated carbocycles. The Morgan fingerprint density at radius 3 is 2.57 bits per heavy atom. The summed E-state index contributed by atoms with van der Waals surface area (Å²) in [7, 11) is 0. The van der Waals surface area contributed by atoms with Crippen molar-refractivity contribution in [3.05, 3.63) is 106 Å². The molecule has 0 radical (unpaired) electrons. The first kappa shape index (κ1) is 21.3. The third kappa shape index (κ3) is 5.58. The number of hydrogen-bond donors (Lipinski definition) is 1. The molecule has 2 aromatic carbocycles. The summed E-state index contributed by atoms with van der Waals surface area (Å²) >= 11 is 0. The van der Waals surface area contributed by atoms with E-state index >= 15 is 0 Å². The van der Waals surface area contributed by atoms with Crippen molar-refractivity contribution in [2.24, 2.45) is 5.92 Å². The Morgan fingerprint density at radius 1 is 1.03 bits per heavy atom. The molecule has 2 aromatic rings. The molecule has 0 saturated heterocycles. The normalized spacial score (nSPS) is 15.4. The zero-order chi connectivity index (χ0) is 21.3. The van der Waals surface area contributed by atoms with Gasteiger partial charge in [-0.2, -0.15) is 0 Å². The molecule has 1 N–H and O–H groups in total. The number of allylic oxidation sites excluding steroid dienone is 5. The SMILES string of the molecule is CCc1ccccc1CNC(=O)C1=CC=C(C#Cc2cccc(F)c2)C=CC1CC. The molecule has 0 fully saturated rings. The van der Waals surface area contributed by atoms with Crippen molar-refractivity contribution in [2.45, 2.75) is 33.2 Å². The van der Waals surface area contributed by atoms with Gasteiger partial charge in [-0.1, -0.05) is 68.2 Å². The van der Waals surface area contributed by atoms with Gasteiger partial charge in [0.15, 0.2) is 0 Å².